The summed E-state index contributed by atoms with van der Waals surface area (Å²) in [5.41, 5.74) is 0.637. The number of nitriles is 1. The minimum Gasteiger partial charge on any atom is -0.493 e. The van der Waals surface area contributed by atoms with E-state index in [4.69, 9.17) is 9.84 Å². The number of hydrogen-bond acceptors (Lipinski definition) is 5. The lowest BCUT2D eigenvalue weighted by molar-refractivity contribution is -0.187. The van der Waals surface area contributed by atoms with Gasteiger partial charge in [0.15, 0.2) is 0 Å². The number of benzene rings is 1. The average Bonchev–Trinajstić information content (AvgIpc) is 3.71. The normalized spacial score (nSPS) is 32.2. The SMILES string of the molecule is C[C@H](CCCOc1ccccc1CNC1=NC=C(C#N)CC2C13CC[C@@H](C(F)(F)F)[C@H]1CC213)CC(=O)O. The number of ether oxygens (including phenoxy) is 1. The zero-order chi connectivity index (χ0) is 26.4. The Kier molecular flexibility index (Phi) is 6.49. The molecular formula is C28H32F3N3O3. The third-order valence-corrected chi connectivity index (χ3v) is 9.16. The second-order valence-corrected chi connectivity index (χ2v) is 11.2. The van der Waals surface area contributed by atoms with Crippen molar-refractivity contribution in [3.8, 4) is 11.8 Å². The first-order chi connectivity index (χ1) is 17.6. The van der Waals surface area contributed by atoms with Crippen LogP contribution in [0.1, 0.15) is 57.4 Å². The zero-order valence-corrected chi connectivity index (χ0v) is 20.9. The summed E-state index contributed by atoms with van der Waals surface area (Å²) in [4.78, 5) is 15.5. The number of alkyl halides is 3. The number of amidine groups is 1. The number of aliphatic carboxylic acids is 1. The number of aliphatic imine (C=N–C) groups is 1. The number of rotatable bonds is 9. The van der Waals surface area contributed by atoms with Crippen LogP contribution in [0.15, 0.2) is 41.0 Å². The van der Waals surface area contributed by atoms with Crippen LogP contribution in [0.5, 0.6) is 5.75 Å². The number of allylic oxidation sites excluding steroid dienone is 1. The molecule has 3 fully saturated rings. The Hall–Kier alpha value is -3.02. The molecule has 37 heavy (non-hydrogen) atoms. The maximum Gasteiger partial charge on any atom is 0.392 e. The molecule has 0 aromatic heterocycles. The molecule has 6 atom stereocenters. The third kappa shape index (κ3) is 4.38. The highest BCUT2D eigenvalue weighted by molar-refractivity contribution is 5.95. The van der Waals surface area contributed by atoms with Crippen LogP contribution in [-0.2, 0) is 11.3 Å². The quantitative estimate of drug-likeness (QED) is 0.402. The Bertz CT molecular complexity index is 1170. The van der Waals surface area contributed by atoms with Gasteiger partial charge in [0.05, 0.1) is 18.6 Å². The van der Waals surface area contributed by atoms with Gasteiger partial charge in [0, 0.05) is 35.7 Å². The molecule has 0 bridgehead atoms. The standard InChI is InChI=1S/C28H32F3N3O3/c1-17(11-24(35)36)5-4-10-37-22-7-3-2-6-19(22)16-34-25-26-9-8-20(28(29,30)31)21-13-27(21,26)23(26)12-18(14-32)15-33-25/h2-3,6-7,15,17,20-21,23H,4-5,8-13,16H2,1H3,(H,33,34)(H,35,36)/t17-,20-,21-,23?,26?,27?/m1/s1. The molecule has 2 N–H and O–H groups in total. The maximum absolute atomic E-state index is 13.7. The number of carboxylic acids is 1. The lowest BCUT2D eigenvalue weighted by Crippen LogP contribution is -2.38. The summed E-state index contributed by atoms with van der Waals surface area (Å²) in [5, 5.41) is 21.9. The molecule has 3 saturated carbocycles. The van der Waals surface area contributed by atoms with Crippen molar-refractivity contribution in [2.45, 2.75) is 64.6 Å². The van der Waals surface area contributed by atoms with E-state index in [9.17, 15) is 23.2 Å². The molecule has 3 aliphatic carbocycles. The second-order valence-electron chi connectivity index (χ2n) is 11.2. The topological polar surface area (TPSA) is 94.7 Å². The van der Waals surface area contributed by atoms with Crippen molar-refractivity contribution in [1.29, 1.82) is 5.26 Å². The van der Waals surface area contributed by atoms with Gasteiger partial charge in [-0.2, -0.15) is 18.4 Å². The average molecular weight is 516 g/mol. The van der Waals surface area contributed by atoms with E-state index in [1.807, 2.05) is 31.2 Å². The number of carboxylic acid groups (broad SMARTS) is 1. The number of carbonyl (C=O) groups is 1. The minimum atomic E-state index is -4.18. The summed E-state index contributed by atoms with van der Waals surface area (Å²) >= 11 is 0. The summed E-state index contributed by atoms with van der Waals surface area (Å²) in [6, 6.07) is 9.81. The highest BCUT2D eigenvalue weighted by Crippen LogP contribution is 2.92. The molecule has 2 spiro atoms. The Balaban J connectivity index is 1.27. The van der Waals surface area contributed by atoms with Crippen molar-refractivity contribution in [3.63, 3.8) is 0 Å². The number of hydrogen-bond donors (Lipinski definition) is 2. The fraction of sp³-hybridized carbons (Fsp3) is 0.607. The molecule has 3 unspecified atom stereocenters. The summed E-state index contributed by atoms with van der Waals surface area (Å²) in [7, 11) is 0. The first-order valence-corrected chi connectivity index (χ1v) is 13.0. The smallest absolute Gasteiger partial charge is 0.392 e. The largest absolute Gasteiger partial charge is 0.493 e. The predicted octanol–water partition coefficient (Wildman–Crippen LogP) is 5.85. The van der Waals surface area contributed by atoms with Gasteiger partial charge in [0.2, 0.25) is 0 Å². The van der Waals surface area contributed by atoms with Crippen LogP contribution in [0.3, 0.4) is 0 Å². The summed E-state index contributed by atoms with van der Waals surface area (Å²) < 4.78 is 47.1. The number of nitrogens with zero attached hydrogens (tertiary/aromatic N) is 2. The van der Waals surface area contributed by atoms with E-state index in [0.29, 0.717) is 49.6 Å². The van der Waals surface area contributed by atoms with Gasteiger partial charge < -0.3 is 15.2 Å². The molecule has 0 radical (unpaired) electrons. The second kappa shape index (κ2) is 9.38. The lowest BCUT2D eigenvalue weighted by Gasteiger charge is -2.30. The first kappa shape index (κ1) is 25.6. The van der Waals surface area contributed by atoms with Gasteiger partial charge in [-0.1, -0.05) is 25.1 Å². The van der Waals surface area contributed by atoms with Gasteiger partial charge in [-0.25, -0.2) is 4.99 Å². The van der Waals surface area contributed by atoms with E-state index >= 15 is 0 Å². The summed E-state index contributed by atoms with van der Waals surface area (Å²) in [6.45, 7) is 2.79. The van der Waals surface area contributed by atoms with E-state index in [-0.39, 0.29) is 30.6 Å². The van der Waals surface area contributed by atoms with Crippen molar-refractivity contribution in [2.24, 2.45) is 39.5 Å². The highest BCUT2D eigenvalue weighted by Gasteiger charge is 2.91. The summed E-state index contributed by atoms with van der Waals surface area (Å²) in [5.74, 6) is -0.906. The fourth-order valence-electron chi connectivity index (χ4n) is 7.47. The van der Waals surface area contributed by atoms with Gasteiger partial charge in [0.25, 0.3) is 0 Å². The Morgan fingerprint density at radius 1 is 1.38 bits per heavy atom. The monoisotopic (exact) mass is 515 g/mol. The van der Waals surface area contributed by atoms with E-state index in [0.717, 1.165) is 18.4 Å². The van der Waals surface area contributed by atoms with Gasteiger partial charge in [-0.3, -0.25) is 4.79 Å². The van der Waals surface area contributed by atoms with E-state index < -0.39 is 28.9 Å². The van der Waals surface area contributed by atoms with Gasteiger partial charge in [0.1, 0.15) is 11.6 Å². The molecule has 5 rings (SSSR count). The highest BCUT2D eigenvalue weighted by atomic mass is 19.4. The molecular weight excluding hydrogens is 483 g/mol. The van der Waals surface area contributed by atoms with Crippen LogP contribution in [0.25, 0.3) is 0 Å². The maximum atomic E-state index is 13.7. The number of halogens is 3. The van der Waals surface area contributed by atoms with Gasteiger partial charge in [-0.15, -0.1) is 0 Å². The Labute approximate surface area is 214 Å². The van der Waals surface area contributed by atoms with E-state index in [1.165, 1.54) is 0 Å². The van der Waals surface area contributed by atoms with Crippen molar-refractivity contribution >= 4 is 11.8 Å². The lowest BCUT2D eigenvalue weighted by atomic mass is 9.80. The van der Waals surface area contributed by atoms with Crippen LogP contribution in [0.2, 0.25) is 0 Å². The molecule has 1 aromatic rings. The Morgan fingerprint density at radius 3 is 2.89 bits per heavy atom. The van der Waals surface area contributed by atoms with Gasteiger partial charge >= 0.3 is 12.1 Å². The molecule has 198 valence electrons. The predicted molar refractivity (Wildman–Crippen MR) is 130 cm³/mol. The van der Waals surface area contributed by atoms with Crippen molar-refractivity contribution < 1.29 is 27.8 Å². The minimum absolute atomic E-state index is 0.0243. The zero-order valence-electron chi connectivity index (χ0n) is 20.9. The molecule has 9 heteroatoms. The molecule has 4 aliphatic rings. The molecule has 6 nitrogen and oxygen atoms in total. The van der Waals surface area contributed by atoms with Crippen molar-refractivity contribution in [3.05, 3.63) is 41.6 Å². The number of para-hydroxylation sites is 1. The fourth-order valence-corrected chi connectivity index (χ4v) is 7.47. The molecule has 0 saturated heterocycles. The van der Waals surface area contributed by atoms with Crippen LogP contribution < -0.4 is 10.1 Å². The van der Waals surface area contributed by atoms with Crippen LogP contribution in [0.4, 0.5) is 13.2 Å². The number of nitrogens with one attached hydrogen (secondary N) is 1. The molecule has 1 heterocycles. The van der Waals surface area contributed by atoms with Gasteiger partial charge in [-0.05, 0) is 67.8 Å². The van der Waals surface area contributed by atoms with E-state index in [1.54, 1.807) is 6.20 Å². The van der Waals surface area contributed by atoms with Crippen LogP contribution >= 0.6 is 0 Å². The van der Waals surface area contributed by atoms with Crippen molar-refractivity contribution in [1.82, 2.24) is 5.32 Å². The molecule has 1 aromatic carbocycles. The molecule has 0 amide bonds. The van der Waals surface area contributed by atoms with Crippen LogP contribution in [0, 0.1) is 45.8 Å². The van der Waals surface area contributed by atoms with Crippen molar-refractivity contribution in [2.75, 3.05) is 6.61 Å². The van der Waals surface area contributed by atoms with Crippen LogP contribution in [-0.4, -0.2) is 29.7 Å². The third-order valence-electron chi connectivity index (χ3n) is 9.16. The van der Waals surface area contributed by atoms with E-state index in [2.05, 4.69) is 16.4 Å². The Morgan fingerprint density at radius 2 is 2.16 bits per heavy atom. The molecule has 1 aliphatic heterocycles. The first-order valence-electron chi connectivity index (χ1n) is 13.0. The summed E-state index contributed by atoms with van der Waals surface area (Å²) in [6.07, 6.45) is 0.608.